The summed E-state index contributed by atoms with van der Waals surface area (Å²) in [6.07, 6.45) is 0. The topological polar surface area (TPSA) is 39.1 Å². The van der Waals surface area contributed by atoms with Gasteiger partial charge in [-0.15, -0.1) is 0 Å². The van der Waals surface area contributed by atoms with Gasteiger partial charge in [0.25, 0.3) is 0 Å². The number of rotatable bonds is 10. The first kappa shape index (κ1) is 43.5. The Morgan fingerprint density at radius 1 is 0.384 bits per heavy atom. The van der Waals surface area contributed by atoms with Gasteiger partial charge in [-0.3, -0.25) is 5.41 Å². The van der Waals surface area contributed by atoms with E-state index in [1.807, 2.05) is 36.4 Å². The van der Waals surface area contributed by atoms with E-state index in [9.17, 15) is 5.41 Å². The Hall–Kier alpha value is -9.57. The summed E-state index contributed by atoms with van der Waals surface area (Å²) >= 11 is 0. The molecule has 2 aliphatic rings. The Bertz CT molecular complexity index is 3880. The standard InChI is InChI=1S/C70H49N3/c71-66(51-26-8-2-9-27-51)64(50-24-6-1-7-25-50)68-58-35-18-19-36-59(58)69(67(72-68)52-28-10-3-11-29-52)73(57-45-43-49(44-46-57)54-42-41-48-23-16-17-30-53(48)47-54)63-40-22-39-62-65(63)60-37-20-21-38-61(60)70(62,55-31-12-4-13-32-55)56-33-14-5-15-34-56/h1-47,71-72H/b68-64-,71-66?. The van der Waals surface area contributed by atoms with Gasteiger partial charge in [-0.25, -0.2) is 0 Å². The molecular weight excluding hydrogens is 883 g/mol. The van der Waals surface area contributed by atoms with Gasteiger partial charge in [0, 0.05) is 39.1 Å². The summed E-state index contributed by atoms with van der Waals surface area (Å²) in [7, 11) is 0. The van der Waals surface area contributed by atoms with Gasteiger partial charge in [0.2, 0.25) is 0 Å². The molecule has 13 rings (SSSR count). The van der Waals surface area contributed by atoms with E-state index in [4.69, 9.17) is 0 Å². The molecule has 73 heavy (non-hydrogen) atoms. The lowest BCUT2D eigenvalue weighted by Gasteiger charge is -2.38. The van der Waals surface area contributed by atoms with E-state index >= 15 is 0 Å². The highest BCUT2D eigenvalue weighted by Gasteiger charge is 2.47. The molecule has 0 unspecified atom stereocenters. The van der Waals surface area contributed by atoms with Gasteiger partial charge < -0.3 is 10.2 Å². The number of hydrogen-bond acceptors (Lipinski definition) is 3. The minimum atomic E-state index is -0.603. The van der Waals surface area contributed by atoms with Crippen LogP contribution >= 0.6 is 0 Å². The fourth-order valence-electron chi connectivity index (χ4n) is 11.5. The highest BCUT2D eigenvalue weighted by atomic mass is 15.2. The van der Waals surface area contributed by atoms with Gasteiger partial charge in [0.05, 0.1) is 33.9 Å². The molecule has 0 fully saturated rings. The monoisotopic (exact) mass is 931 g/mol. The summed E-state index contributed by atoms with van der Waals surface area (Å²) < 4.78 is 0. The number of hydrogen-bond donors (Lipinski definition) is 2. The molecule has 1 heterocycles. The molecule has 0 bridgehead atoms. The molecule has 3 nitrogen and oxygen atoms in total. The highest BCUT2D eigenvalue weighted by molar-refractivity contribution is 6.36. The minimum Gasteiger partial charge on any atom is -0.352 e. The molecule has 3 heteroatoms. The third-order valence-corrected chi connectivity index (χ3v) is 14.8. The number of allylic oxidation sites excluding steroid dienone is 1. The molecule has 0 amide bonds. The van der Waals surface area contributed by atoms with Gasteiger partial charge in [0.1, 0.15) is 0 Å². The van der Waals surface area contributed by atoms with Crippen LogP contribution in [0, 0.1) is 5.41 Å². The summed E-state index contributed by atoms with van der Waals surface area (Å²) in [5.41, 5.74) is 20.0. The van der Waals surface area contributed by atoms with Crippen molar-refractivity contribution in [1.29, 1.82) is 5.41 Å². The van der Waals surface area contributed by atoms with Crippen molar-refractivity contribution in [3.63, 3.8) is 0 Å². The van der Waals surface area contributed by atoms with E-state index in [-0.39, 0.29) is 0 Å². The van der Waals surface area contributed by atoms with Crippen molar-refractivity contribution in [2.45, 2.75) is 5.41 Å². The van der Waals surface area contributed by atoms with Crippen molar-refractivity contribution in [3.8, 4) is 22.3 Å². The average Bonchev–Trinajstić information content (AvgIpc) is 3.78. The van der Waals surface area contributed by atoms with Crippen molar-refractivity contribution in [1.82, 2.24) is 5.32 Å². The molecular formula is C70H49N3. The predicted molar refractivity (Wildman–Crippen MR) is 305 cm³/mol. The van der Waals surface area contributed by atoms with Crippen LogP contribution in [0.4, 0.5) is 11.4 Å². The lowest BCUT2D eigenvalue weighted by molar-refractivity contribution is 0.768. The van der Waals surface area contributed by atoms with Crippen LogP contribution in [0.1, 0.15) is 50.1 Å². The Labute approximate surface area is 426 Å². The summed E-state index contributed by atoms with van der Waals surface area (Å²) in [4.78, 5) is 2.50. The first-order valence-corrected chi connectivity index (χ1v) is 25.0. The largest absolute Gasteiger partial charge is 0.352 e. The van der Waals surface area contributed by atoms with Gasteiger partial charge in [-0.2, -0.15) is 0 Å². The second kappa shape index (κ2) is 18.3. The number of benzene rings is 11. The normalized spacial score (nSPS) is 13.9. The van der Waals surface area contributed by atoms with Crippen molar-refractivity contribution in [3.05, 3.63) is 335 Å². The zero-order valence-electron chi connectivity index (χ0n) is 40.1. The third kappa shape index (κ3) is 7.32. The summed E-state index contributed by atoms with van der Waals surface area (Å²) in [5.74, 6) is 0. The first-order chi connectivity index (χ1) is 36.2. The first-order valence-electron chi connectivity index (χ1n) is 25.0. The lowest BCUT2D eigenvalue weighted by Crippen LogP contribution is -2.30. The van der Waals surface area contributed by atoms with Crippen LogP contribution in [-0.2, 0) is 5.41 Å². The van der Waals surface area contributed by atoms with Crippen LogP contribution in [0.15, 0.2) is 285 Å². The molecule has 0 atom stereocenters. The van der Waals surface area contributed by atoms with Gasteiger partial charge in [-0.1, -0.05) is 261 Å². The Morgan fingerprint density at radius 2 is 0.904 bits per heavy atom. The van der Waals surface area contributed by atoms with Crippen LogP contribution in [0.5, 0.6) is 0 Å². The second-order valence-electron chi connectivity index (χ2n) is 18.8. The molecule has 1 aliphatic heterocycles. The van der Waals surface area contributed by atoms with E-state index < -0.39 is 5.41 Å². The molecule has 1 aliphatic carbocycles. The second-order valence-corrected chi connectivity index (χ2v) is 18.8. The van der Waals surface area contributed by atoms with Crippen molar-refractivity contribution < 1.29 is 0 Å². The molecule has 344 valence electrons. The number of fused-ring (bicyclic) bond motifs is 5. The van der Waals surface area contributed by atoms with Crippen molar-refractivity contribution >= 4 is 50.5 Å². The number of nitrogens with one attached hydrogen (secondary N) is 2. The van der Waals surface area contributed by atoms with E-state index in [1.165, 1.54) is 49.7 Å². The molecule has 11 aromatic rings. The van der Waals surface area contributed by atoms with Gasteiger partial charge in [-0.05, 0) is 79.5 Å². The van der Waals surface area contributed by atoms with E-state index in [0.29, 0.717) is 5.71 Å². The zero-order chi connectivity index (χ0) is 48.7. The quantitative estimate of drug-likeness (QED) is 0.134. The molecule has 0 radical (unpaired) electrons. The molecule has 0 aromatic heterocycles. The summed E-state index contributed by atoms with van der Waals surface area (Å²) in [5, 5.41) is 16.6. The van der Waals surface area contributed by atoms with Crippen molar-refractivity contribution in [2.75, 3.05) is 4.90 Å². The molecule has 0 spiro atoms. The maximum atomic E-state index is 10.0. The molecule has 2 N–H and O–H groups in total. The van der Waals surface area contributed by atoms with Crippen LogP contribution in [0.25, 0.3) is 55.7 Å². The third-order valence-electron chi connectivity index (χ3n) is 14.8. The Morgan fingerprint density at radius 3 is 1.58 bits per heavy atom. The molecule has 0 saturated carbocycles. The fourth-order valence-corrected chi connectivity index (χ4v) is 11.5. The van der Waals surface area contributed by atoms with E-state index in [0.717, 1.165) is 67.4 Å². The van der Waals surface area contributed by atoms with Crippen molar-refractivity contribution in [2.24, 2.45) is 0 Å². The van der Waals surface area contributed by atoms with Crippen LogP contribution < -0.4 is 10.2 Å². The number of anilines is 2. The molecule has 0 saturated heterocycles. The molecule has 11 aromatic carbocycles. The average molecular weight is 932 g/mol. The fraction of sp³-hybridized carbons (Fsp3) is 0.0143. The smallest absolute Gasteiger partial charge is 0.0782 e. The zero-order valence-corrected chi connectivity index (χ0v) is 40.1. The SMILES string of the molecule is N=C(/C(=C1\NC(c2ccccc2)=C(N(c2ccc(-c3ccc4ccccc4c3)cc2)c2cccc3c2-c2ccccc2C3(c2ccccc2)c2ccccc2)c2ccccc21)c1ccccc1)c1ccccc1. The Kier molecular flexibility index (Phi) is 10.9. The maximum Gasteiger partial charge on any atom is 0.0782 e. The summed E-state index contributed by atoms with van der Waals surface area (Å²) in [6, 6.07) is 102. The lowest BCUT2D eigenvalue weighted by atomic mass is 9.68. The van der Waals surface area contributed by atoms with Gasteiger partial charge >= 0.3 is 0 Å². The Balaban J connectivity index is 1.12. The highest BCUT2D eigenvalue weighted by Crippen LogP contribution is 2.60. The van der Waals surface area contributed by atoms with E-state index in [2.05, 4.69) is 259 Å². The minimum absolute atomic E-state index is 0.441. The predicted octanol–water partition coefficient (Wildman–Crippen LogP) is 17.1. The van der Waals surface area contributed by atoms with Crippen LogP contribution in [-0.4, -0.2) is 5.71 Å². The van der Waals surface area contributed by atoms with Gasteiger partial charge in [0.15, 0.2) is 0 Å². The van der Waals surface area contributed by atoms with Crippen LogP contribution in [0.3, 0.4) is 0 Å². The van der Waals surface area contributed by atoms with E-state index in [1.54, 1.807) is 0 Å². The summed E-state index contributed by atoms with van der Waals surface area (Å²) in [6.45, 7) is 0. The number of nitrogens with zero attached hydrogens (tertiary/aromatic N) is 1. The van der Waals surface area contributed by atoms with Crippen LogP contribution in [0.2, 0.25) is 0 Å². The maximum absolute atomic E-state index is 10.0.